The molecule has 2 heterocycles. The number of nitrogens with one attached hydrogen (secondary N) is 1. The molecule has 104 valence electrons. The number of aromatic nitrogens is 2. The second kappa shape index (κ2) is 6.89. The molecule has 2 aromatic heterocycles. The van der Waals surface area contributed by atoms with Crippen LogP contribution < -0.4 is 5.32 Å². The first-order valence-electron chi connectivity index (χ1n) is 6.26. The predicted octanol–water partition coefficient (Wildman–Crippen LogP) is 1.95. The van der Waals surface area contributed by atoms with E-state index in [1.165, 1.54) is 11.3 Å². The minimum atomic E-state index is -0.180. The van der Waals surface area contributed by atoms with Crippen LogP contribution in [0.5, 0.6) is 0 Å². The van der Waals surface area contributed by atoms with Crippen molar-refractivity contribution in [2.45, 2.75) is 19.9 Å². The summed E-state index contributed by atoms with van der Waals surface area (Å²) >= 11 is 1.31. The number of thiazole rings is 1. The van der Waals surface area contributed by atoms with Crippen LogP contribution in [0.1, 0.15) is 28.7 Å². The summed E-state index contributed by atoms with van der Waals surface area (Å²) in [4.78, 5) is 17.0. The minimum Gasteiger partial charge on any atom is -0.395 e. The van der Waals surface area contributed by atoms with Crippen LogP contribution in [-0.2, 0) is 6.54 Å². The summed E-state index contributed by atoms with van der Waals surface area (Å²) in [5.74, 6) is 5.52. The van der Waals surface area contributed by atoms with Gasteiger partial charge in [-0.15, -0.1) is 0 Å². The largest absolute Gasteiger partial charge is 0.395 e. The zero-order valence-corrected chi connectivity index (χ0v) is 11.9. The van der Waals surface area contributed by atoms with E-state index in [0.29, 0.717) is 17.2 Å². The smallest absolute Gasteiger partial charge is 0.274 e. The third-order valence-electron chi connectivity index (χ3n) is 2.58. The lowest BCUT2D eigenvalue weighted by molar-refractivity contribution is 0.101. The second-order valence-corrected chi connectivity index (χ2v) is 4.97. The van der Waals surface area contributed by atoms with Crippen molar-refractivity contribution >= 4 is 22.4 Å². The molecule has 20 heavy (non-hydrogen) atoms. The maximum absolute atomic E-state index is 12.1. The van der Waals surface area contributed by atoms with Crippen LogP contribution in [-0.4, -0.2) is 27.2 Å². The Morgan fingerprint density at radius 3 is 3.20 bits per heavy atom. The van der Waals surface area contributed by atoms with Gasteiger partial charge >= 0.3 is 0 Å². The van der Waals surface area contributed by atoms with Gasteiger partial charge in [-0.1, -0.05) is 23.2 Å². The lowest BCUT2D eigenvalue weighted by Gasteiger charge is -2.05. The molecule has 2 aromatic rings. The lowest BCUT2D eigenvalue weighted by atomic mass is 10.4. The molecule has 0 aromatic carbocycles. The Bertz CT molecular complexity index is 649. The Labute approximate surface area is 121 Å². The molecule has 1 amide bonds. The number of anilines is 1. The normalized spacial score (nSPS) is 9.90. The summed E-state index contributed by atoms with van der Waals surface area (Å²) in [5.41, 5.74) is 0.607. The van der Waals surface area contributed by atoms with Crippen molar-refractivity contribution in [2.75, 3.05) is 11.9 Å². The molecular weight excluding hydrogens is 274 g/mol. The van der Waals surface area contributed by atoms with E-state index in [-0.39, 0.29) is 12.5 Å². The zero-order chi connectivity index (χ0) is 14.4. The van der Waals surface area contributed by atoms with Gasteiger partial charge in [0.15, 0.2) is 5.13 Å². The first-order chi connectivity index (χ1) is 9.74. The van der Waals surface area contributed by atoms with E-state index in [1.807, 2.05) is 23.8 Å². The molecule has 0 aliphatic rings. The highest BCUT2D eigenvalue weighted by atomic mass is 32.1. The van der Waals surface area contributed by atoms with E-state index < -0.39 is 0 Å². The van der Waals surface area contributed by atoms with Crippen LogP contribution in [0.2, 0.25) is 0 Å². The van der Waals surface area contributed by atoms with Gasteiger partial charge in [0, 0.05) is 19.2 Å². The Balaban J connectivity index is 2.04. The van der Waals surface area contributed by atoms with Crippen LogP contribution in [0.15, 0.2) is 24.5 Å². The van der Waals surface area contributed by atoms with E-state index in [0.717, 1.165) is 11.4 Å². The molecule has 0 aliphatic heterocycles. The van der Waals surface area contributed by atoms with Crippen molar-refractivity contribution in [3.8, 4) is 11.8 Å². The molecule has 5 nitrogen and oxygen atoms in total. The molecule has 6 heteroatoms. The number of amides is 1. The Morgan fingerprint density at radius 1 is 1.60 bits per heavy atom. The Hall–Kier alpha value is -2.10. The monoisotopic (exact) mass is 289 g/mol. The second-order valence-electron chi connectivity index (χ2n) is 3.94. The van der Waals surface area contributed by atoms with Gasteiger partial charge < -0.3 is 9.67 Å². The molecule has 0 spiro atoms. The zero-order valence-electron chi connectivity index (χ0n) is 11.1. The molecule has 0 radical (unpaired) electrons. The number of rotatable bonds is 4. The first kappa shape index (κ1) is 14.3. The number of hydrogen-bond donors (Lipinski definition) is 2. The Kier molecular flexibility index (Phi) is 4.93. The third-order valence-corrected chi connectivity index (χ3v) is 3.41. The van der Waals surface area contributed by atoms with Crippen molar-refractivity contribution < 1.29 is 9.90 Å². The van der Waals surface area contributed by atoms with Gasteiger partial charge in [-0.2, -0.15) is 0 Å². The molecule has 0 saturated heterocycles. The van der Waals surface area contributed by atoms with Gasteiger partial charge in [-0.3, -0.25) is 10.1 Å². The van der Waals surface area contributed by atoms with E-state index in [1.54, 1.807) is 12.3 Å². The summed E-state index contributed by atoms with van der Waals surface area (Å²) in [6.07, 6.45) is 3.91. The number of carbonyl (C=O) groups is 1. The molecule has 0 aliphatic carbocycles. The molecule has 0 fully saturated rings. The molecule has 2 rings (SSSR count). The average molecular weight is 289 g/mol. The van der Waals surface area contributed by atoms with Crippen molar-refractivity contribution in [1.82, 2.24) is 9.55 Å². The average Bonchev–Trinajstić information content (AvgIpc) is 3.07. The number of aliphatic hydroxyl groups excluding tert-OH is 1. The summed E-state index contributed by atoms with van der Waals surface area (Å²) in [6.45, 7) is 2.77. The van der Waals surface area contributed by atoms with Crippen molar-refractivity contribution in [1.29, 1.82) is 0 Å². The topological polar surface area (TPSA) is 67.2 Å². The van der Waals surface area contributed by atoms with Crippen LogP contribution >= 0.6 is 11.3 Å². The summed E-state index contributed by atoms with van der Waals surface area (Å²) in [7, 11) is 0. The quantitative estimate of drug-likeness (QED) is 0.845. The fourth-order valence-electron chi connectivity index (χ4n) is 1.65. The molecule has 0 unspecified atom stereocenters. The van der Waals surface area contributed by atoms with Gasteiger partial charge in [0.1, 0.15) is 5.69 Å². The highest BCUT2D eigenvalue weighted by Crippen LogP contribution is 2.18. The first-order valence-corrected chi connectivity index (χ1v) is 7.08. The number of nitrogens with zero attached hydrogens (tertiary/aromatic N) is 2. The maximum atomic E-state index is 12.1. The Morgan fingerprint density at radius 2 is 2.45 bits per heavy atom. The van der Waals surface area contributed by atoms with Crippen molar-refractivity contribution in [2.24, 2.45) is 0 Å². The summed E-state index contributed by atoms with van der Waals surface area (Å²) < 4.78 is 1.87. The number of hydrogen-bond acceptors (Lipinski definition) is 4. The highest BCUT2D eigenvalue weighted by Gasteiger charge is 2.11. The highest BCUT2D eigenvalue weighted by molar-refractivity contribution is 7.16. The standard InChI is InChI=1S/C14H15N3O2S/c1-2-17-8-5-7-12(17)13(19)16-14-15-10-11(20-14)6-3-4-9-18/h5,7-8,10,18H,2,4,9H2,1H3,(H,15,16,19). The number of carbonyl (C=O) groups excluding carboxylic acids is 1. The number of aryl methyl sites for hydroxylation is 1. The van der Waals surface area contributed by atoms with Gasteiger partial charge in [0.05, 0.1) is 17.7 Å². The third kappa shape index (κ3) is 3.47. The summed E-state index contributed by atoms with van der Waals surface area (Å²) in [5, 5.41) is 11.9. The summed E-state index contributed by atoms with van der Waals surface area (Å²) in [6, 6.07) is 3.61. The van der Waals surface area contributed by atoms with E-state index >= 15 is 0 Å². The molecule has 0 atom stereocenters. The van der Waals surface area contributed by atoms with Crippen molar-refractivity contribution in [3.63, 3.8) is 0 Å². The van der Waals surface area contributed by atoms with Crippen LogP contribution in [0.25, 0.3) is 0 Å². The fourth-order valence-corrected chi connectivity index (χ4v) is 2.34. The number of aliphatic hydroxyl groups is 1. The van der Waals surface area contributed by atoms with E-state index in [4.69, 9.17) is 5.11 Å². The van der Waals surface area contributed by atoms with Crippen LogP contribution in [0.4, 0.5) is 5.13 Å². The van der Waals surface area contributed by atoms with E-state index in [9.17, 15) is 4.79 Å². The molecular formula is C14H15N3O2S. The molecule has 0 saturated carbocycles. The van der Waals surface area contributed by atoms with Crippen LogP contribution in [0, 0.1) is 11.8 Å². The SMILES string of the molecule is CCn1cccc1C(=O)Nc1ncc(C#CCCO)s1. The molecule has 2 N–H and O–H groups in total. The fraction of sp³-hybridized carbons (Fsp3) is 0.286. The van der Waals surface area contributed by atoms with Crippen LogP contribution in [0.3, 0.4) is 0 Å². The maximum Gasteiger partial charge on any atom is 0.274 e. The predicted molar refractivity (Wildman–Crippen MR) is 78.8 cm³/mol. The van der Waals surface area contributed by atoms with Gasteiger partial charge in [-0.05, 0) is 19.1 Å². The molecule has 0 bridgehead atoms. The van der Waals surface area contributed by atoms with Gasteiger partial charge in [0.25, 0.3) is 5.91 Å². The van der Waals surface area contributed by atoms with E-state index in [2.05, 4.69) is 22.1 Å². The minimum absolute atomic E-state index is 0.0450. The van der Waals surface area contributed by atoms with Gasteiger partial charge in [-0.25, -0.2) is 4.98 Å². The van der Waals surface area contributed by atoms with Crippen molar-refractivity contribution in [3.05, 3.63) is 35.1 Å². The van der Waals surface area contributed by atoms with Gasteiger partial charge in [0.2, 0.25) is 0 Å². The lowest BCUT2D eigenvalue weighted by Crippen LogP contribution is -2.16.